The zero-order chi connectivity index (χ0) is 19.8. The molecule has 4 aromatic rings. The maximum atomic E-state index is 12.7. The first-order chi connectivity index (χ1) is 13.4. The number of fused-ring (bicyclic) bond motifs is 1. The van der Waals surface area contributed by atoms with Gasteiger partial charge in [0.1, 0.15) is 5.82 Å². The summed E-state index contributed by atoms with van der Waals surface area (Å²) < 4.78 is 0. The highest BCUT2D eigenvalue weighted by molar-refractivity contribution is 6.37. The molecule has 0 fully saturated rings. The second-order valence-corrected chi connectivity index (χ2v) is 7.00. The quantitative estimate of drug-likeness (QED) is 0.437. The molecule has 138 valence electrons. The van der Waals surface area contributed by atoms with E-state index in [0.717, 1.165) is 11.1 Å². The summed E-state index contributed by atoms with van der Waals surface area (Å²) in [5.74, 6) is -0.625. The Balaban J connectivity index is 1.65. The van der Waals surface area contributed by atoms with E-state index in [0.29, 0.717) is 32.5 Å². The number of H-pyrrole nitrogens is 1. The van der Waals surface area contributed by atoms with Crippen LogP contribution in [-0.4, -0.2) is 26.8 Å². The number of carboxylic acid groups (broad SMARTS) is 1. The summed E-state index contributed by atoms with van der Waals surface area (Å²) in [4.78, 5) is 31.3. The molecule has 2 N–H and O–H groups in total. The number of aromatic amines is 1. The molecule has 0 saturated carbocycles. The molecule has 0 bridgehead atoms. The van der Waals surface area contributed by atoms with Crippen molar-refractivity contribution < 1.29 is 14.7 Å². The van der Waals surface area contributed by atoms with Crippen molar-refractivity contribution in [2.24, 2.45) is 0 Å². The molecule has 0 aliphatic heterocycles. The van der Waals surface area contributed by atoms with Crippen LogP contribution in [0.25, 0.3) is 22.4 Å². The topological polar surface area (TPSA) is 83.0 Å². The lowest BCUT2D eigenvalue weighted by Gasteiger charge is -2.05. The summed E-state index contributed by atoms with van der Waals surface area (Å²) in [6, 6.07) is 16.4. The van der Waals surface area contributed by atoms with Crippen molar-refractivity contribution in [3.8, 4) is 11.4 Å². The fourth-order valence-corrected chi connectivity index (χ4v) is 3.38. The lowest BCUT2D eigenvalue weighted by molar-refractivity contribution is 0.0697. The average Bonchev–Trinajstić information content (AvgIpc) is 3.11. The van der Waals surface area contributed by atoms with Crippen LogP contribution in [0.4, 0.5) is 0 Å². The van der Waals surface area contributed by atoms with E-state index in [2.05, 4.69) is 9.97 Å². The summed E-state index contributed by atoms with van der Waals surface area (Å²) >= 11 is 12.0. The van der Waals surface area contributed by atoms with Crippen LogP contribution in [0.1, 0.15) is 26.3 Å². The fraction of sp³-hybridized carbons (Fsp3) is 0. The predicted molar refractivity (Wildman–Crippen MR) is 108 cm³/mol. The molecule has 0 aliphatic carbocycles. The van der Waals surface area contributed by atoms with Crippen molar-refractivity contribution in [2.75, 3.05) is 0 Å². The van der Waals surface area contributed by atoms with Crippen molar-refractivity contribution in [3.63, 3.8) is 0 Å². The average molecular weight is 411 g/mol. The van der Waals surface area contributed by atoms with Gasteiger partial charge in [-0.15, -0.1) is 0 Å². The number of ketones is 1. The minimum Gasteiger partial charge on any atom is -0.478 e. The smallest absolute Gasteiger partial charge is 0.335 e. The van der Waals surface area contributed by atoms with Crippen molar-refractivity contribution in [3.05, 3.63) is 87.4 Å². The van der Waals surface area contributed by atoms with Crippen LogP contribution in [-0.2, 0) is 0 Å². The molecule has 0 aliphatic rings. The van der Waals surface area contributed by atoms with Crippen LogP contribution in [0.5, 0.6) is 0 Å². The van der Waals surface area contributed by atoms with E-state index in [9.17, 15) is 9.59 Å². The minimum absolute atomic E-state index is 0.173. The standard InChI is InChI=1S/C21H12Cl2N2O3/c22-14-6-7-15(16(23)10-14)19(26)11-1-3-12(4-2-11)20-24-17-8-5-13(21(27)28)9-18(17)25-20/h1-10H,(H,24,25)(H,27,28). The van der Waals surface area contributed by atoms with Gasteiger partial charge in [0, 0.05) is 21.7 Å². The molecule has 0 spiro atoms. The number of hydrogen-bond donors (Lipinski definition) is 2. The maximum absolute atomic E-state index is 12.7. The predicted octanol–water partition coefficient (Wildman–Crippen LogP) is 5.47. The van der Waals surface area contributed by atoms with Crippen LogP contribution in [0.3, 0.4) is 0 Å². The first kappa shape index (κ1) is 18.2. The number of benzene rings is 3. The number of aromatic nitrogens is 2. The molecule has 7 heteroatoms. The number of hydrogen-bond acceptors (Lipinski definition) is 3. The number of carbonyl (C=O) groups is 2. The van der Waals surface area contributed by atoms with Gasteiger partial charge < -0.3 is 10.1 Å². The molecule has 0 atom stereocenters. The highest BCUT2D eigenvalue weighted by atomic mass is 35.5. The Morgan fingerprint density at radius 1 is 0.893 bits per heavy atom. The number of nitrogens with one attached hydrogen (secondary N) is 1. The van der Waals surface area contributed by atoms with E-state index in [1.165, 1.54) is 18.2 Å². The van der Waals surface area contributed by atoms with Gasteiger partial charge >= 0.3 is 5.97 Å². The summed E-state index contributed by atoms with van der Waals surface area (Å²) in [7, 11) is 0. The molecule has 1 heterocycles. The van der Waals surface area contributed by atoms with Gasteiger partial charge in [0.05, 0.1) is 21.6 Å². The zero-order valence-corrected chi connectivity index (χ0v) is 15.8. The van der Waals surface area contributed by atoms with Gasteiger partial charge in [0.25, 0.3) is 0 Å². The number of aromatic carboxylic acids is 1. The van der Waals surface area contributed by atoms with Crippen LogP contribution in [0.2, 0.25) is 10.0 Å². The van der Waals surface area contributed by atoms with Crippen molar-refractivity contribution in [1.29, 1.82) is 0 Å². The Hall–Kier alpha value is -3.15. The Morgan fingerprint density at radius 3 is 2.29 bits per heavy atom. The molecule has 1 aromatic heterocycles. The zero-order valence-electron chi connectivity index (χ0n) is 14.2. The van der Waals surface area contributed by atoms with E-state index in [1.54, 1.807) is 42.5 Å². The van der Waals surface area contributed by atoms with Crippen molar-refractivity contribution in [1.82, 2.24) is 9.97 Å². The van der Waals surface area contributed by atoms with E-state index in [-0.39, 0.29) is 11.3 Å². The van der Waals surface area contributed by atoms with Gasteiger partial charge in [-0.25, -0.2) is 9.78 Å². The van der Waals surface area contributed by atoms with Gasteiger partial charge in [-0.2, -0.15) is 0 Å². The molecule has 5 nitrogen and oxygen atoms in total. The molecular weight excluding hydrogens is 399 g/mol. The van der Waals surface area contributed by atoms with E-state index in [4.69, 9.17) is 28.3 Å². The van der Waals surface area contributed by atoms with Crippen molar-refractivity contribution >= 4 is 46.0 Å². The lowest BCUT2D eigenvalue weighted by atomic mass is 10.0. The number of imidazole rings is 1. The van der Waals surface area contributed by atoms with Gasteiger partial charge in [-0.1, -0.05) is 47.5 Å². The highest BCUT2D eigenvalue weighted by Crippen LogP contribution is 2.25. The molecule has 28 heavy (non-hydrogen) atoms. The molecule has 0 unspecified atom stereocenters. The van der Waals surface area contributed by atoms with Gasteiger partial charge in [0.15, 0.2) is 5.78 Å². The van der Waals surface area contributed by atoms with Crippen molar-refractivity contribution in [2.45, 2.75) is 0 Å². The Labute approximate surface area is 169 Å². The number of rotatable bonds is 4. The molecule has 0 radical (unpaired) electrons. The molecule has 3 aromatic carbocycles. The number of carbonyl (C=O) groups excluding carboxylic acids is 1. The van der Waals surface area contributed by atoms with Gasteiger partial charge in [-0.3, -0.25) is 4.79 Å². The molecule has 4 rings (SSSR count). The van der Waals surface area contributed by atoms with E-state index < -0.39 is 5.97 Å². The highest BCUT2D eigenvalue weighted by Gasteiger charge is 2.14. The van der Waals surface area contributed by atoms with Crippen LogP contribution >= 0.6 is 23.2 Å². The summed E-state index contributed by atoms with van der Waals surface area (Å²) in [6.45, 7) is 0. The summed E-state index contributed by atoms with van der Waals surface area (Å²) in [5.41, 5.74) is 3.09. The number of nitrogens with zero attached hydrogens (tertiary/aromatic N) is 1. The Bertz CT molecular complexity index is 1230. The fourth-order valence-electron chi connectivity index (χ4n) is 2.88. The third-order valence-corrected chi connectivity index (χ3v) is 4.87. The monoisotopic (exact) mass is 410 g/mol. The SMILES string of the molecule is O=C(O)c1ccc2[nH]c(-c3ccc(C(=O)c4ccc(Cl)cc4Cl)cc3)nc2c1. The Kier molecular flexibility index (Phi) is 4.63. The van der Waals surface area contributed by atoms with E-state index in [1.807, 2.05) is 0 Å². The molecular formula is C21H12Cl2N2O3. The van der Waals surface area contributed by atoms with E-state index >= 15 is 0 Å². The van der Waals surface area contributed by atoms with Crippen LogP contribution in [0.15, 0.2) is 60.7 Å². The number of carboxylic acids is 1. The third kappa shape index (κ3) is 3.38. The molecule has 0 amide bonds. The summed E-state index contributed by atoms with van der Waals surface area (Å²) in [5, 5.41) is 9.86. The van der Waals surface area contributed by atoms with Gasteiger partial charge in [-0.05, 0) is 36.4 Å². The largest absolute Gasteiger partial charge is 0.478 e. The minimum atomic E-state index is -1.00. The second-order valence-electron chi connectivity index (χ2n) is 6.15. The normalized spacial score (nSPS) is 10.9. The molecule has 0 saturated heterocycles. The lowest BCUT2D eigenvalue weighted by Crippen LogP contribution is -2.02. The third-order valence-electron chi connectivity index (χ3n) is 4.33. The first-order valence-electron chi connectivity index (χ1n) is 8.25. The van der Waals surface area contributed by atoms with Crippen LogP contribution < -0.4 is 0 Å². The van der Waals surface area contributed by atoms with Crippen LogP contribution in [0, 0.1) is 0 Å². The first-order valence-corrected chi connectivity index (χ1v) is 9.01. The summed E-state index contributed by atoms with van der Waals surface area (Å²) in [6.07, 6.45) is 0. The Morgan fingerprint density at radius 2 is 1.61 bits per heavy atom. The van der Waals surface area contributed by atoms with Gasteiger partial charge in [0.2, 0.25) is 0 Å². The second kappa shape index (κ2) is 7.11. The number of halogens is 2. The maximum Gasteiger partial charge on any atom is 0.335 e.